The molecule has 0 saturated carbocycles. The number of nitrogens with zero attached hydrogens (tertiary/aromatic N) is 1. The molecule has 114 valence electrons. The molecule has 0 radical (unpaired) electrons. The molecule has 0 fully saturated rings. The quantitative estimate of drug-likeness (QED) is 0.854. The van der Waals surface area contributed by atoms with Gasteiger partial charge in [-0.15, -0.1) is 0 Å². The molecule has 1 heterocycles. The van der Waals surface area contributed by atoms with Crippen molar-refractivity contribution in [3.05, 3.63) is 23.8 Å². The summed E-state index contributed by atoms with van der Waals surface area (Å²) in [6.07, 6.45) is 2.83. The third-order valence-electron chi connectivity index (χ3n) is 3.69. The number of ether oxygens (including phenoxy) is 3. The molecule has 0 aliphatic carbocycles. The minimum absolute atomic E-state index is 0.0963. The van der Waals surface area contributed by atoms with Crippen LogP contribution in [0.5, 0.6) is 17.2 Å². The maximum atomic E-state index is 11.4. The Morgan fingerprint density at radius 2 is 1.71 bits per heavy atom. The van der Waals surface area contributed by atoms with Crippen LogP contribution in [-0.4, -0.2) is 45.2 Å². The van der Waals surface area contributed by atoms with Crippen molar-refractivity contribution < 1.29 is 19.0 Å². The molecule has 0 aromatic heterocycles. The van der Waals surface area contributed by atoms with E-state index in [0.717, 1.165) is 17.6 Å². The molecule has 0 atom stereocenters. The van der Waals surface area contributed by atoms with Crippen molar-refractivity contribution in [3.8, 4) is 17.2 Å². The number of amides is 1. The minimum atomic E-state index is 0.0963. The molecule has 0 spiro atoms. The van der Waals surface area contributed by atoms with E-state index in [4.69, 9.17) is 14.2 Å². The molecule has 1 aliphatic rings. The summed E-state index contributed by atoms with van der Waals surface area (Å²) in [4.78, 5) is 13.2. The number of hydrogen-bond acceptors (Lipinski definition) is 4. The lowest BCUT2D eigenvalue weighted by Gasteiger charge is -2.27. The van der Waals surface area contributed by atoms with E-state index < -0.39 is 0 Å². The fourth-order valence-corrected chi connectivity index (χ4v) is 2.50. The predicted molar refractivity (Wildman–Crippen MR) is 80.9 cm³/mol. The average molecular weight is 291 g/mol. The molecule has 0 N–H and O–H groups in total. The fourth-order valence-electron chi connectivity index (χ4n) is 2.50. The molecule has 1 aliphatic heterocycles. The molecular formula is C16H21NO4. The van der Waals surface area contributed by atoms with Gasteiger partial charge in [-0.25, -0.2) is 0 Å². The number of carbonyl (C=O) groups excluding carboxylic acids is 1. The van der Waals surface area contributed by atoms with Crippen molar-refractivity contribution in [2.75, 3.05) is 34.4 Å². The van der Waals surface area contributed by atoms with Gasteiger partial charge in [-0.05, 0) is 12.0 Å². The lowest BCUT2D eigenvalue weighted by Crippen LogP contribution is -2.32. The minimum Gasteiger partial charge on any atom is -0.496 e. The summed E-state index contributed by atoms with van der Waals surface area (Å²) in [6, 6.07) is 3.69. The topological polar surface area (TPSA) is 48.0 Å². The van der Waals surface area contributed by atoms with E-state index in [-0.39, 0.29) is 5.91 Å². The van der Waals surface area contributed by atoms with E-state index in [9.17, 15) is 4.79 Å². The zero-order chi connectivity index (χ0) is 15.4. The van der Waals surface area contributed by atoms with E-state index >= 15 is 0 Å². The van der Waals surface area contributed by atoms with Gasteiger partial charge in [0.15, 0.2) is 0 Å². The predicted octanol–water partition coefficient (Wildman–Crippen LogP) is 2.35. The largest absolute Gasteiger partial charge is 0.496 e. The standard InChI is InChI=1S/C16H21NO4/c1-11(18)17-7-5-12(6-8-17)16-14(20-3)9-13(19-2)10-15(16)21-4/h5,9-10H,6-8H2,1-4H3. The van der Waals surface area contributed by atoms with Gasteiger partial charge in [0, 0.05) is 32.1 Å². The van der Waals surface area contributed by atoms with E-state index in [1.54, 1.807) is 28.3 Å². The SMILES string of the molecule is COc1cc(OC)c(C2=CCN(C(C)=O)CC2)c(OC)c1. The van der Waals surface area contributed by atoms with E-state index in [2.05, 4.69) is 6.08 Å². The van der Waals surface area contributed by atoms with Crippen molar-refractivity contribution in [1.29, 1.82) is 0 Å². The average Bonchev–Trinajstić information content (AvgIpc) is 2.53. The summed E-state index contributed by atoms with van der Waals surface area (Å²) in [5.74, 6) is 2.22. The van der Waals surface area contributed by atoms with Crippen LogP contribution in [-0.2, 0) is 4.79 Å². The van der Waals surface area contributed by atoms with Gasteiger partial charge in [0.25, 0.3) is 0 Å². The zero-order valence-electron chi connectivity index (χ0n) is 12.9. The van der Waals surface area contributed by atoms with Crippen molar-refractivity contribution in [3.63, 3.8) is 0 Å². The molecule has 5 nitrogen and oxygen atoms in total. The van der Waals surface area contributed by atoms with Gasteiger partial charge in [-0.2, -0.15) is 0 Å². The Morgan fingerprint density at radius 1 is 1.10 bits per heavy atom. The maximum Gasteiger partial charge on any atom is 0.219 e. The van der Waals surface area contributed by atoms with Crippen molar-refractivity contribution >= 4 is 11.5 Å². The van der Waals surface area contributed by atoms with Crippen LogP contribution in [0.1, 0.15) is 18.9 Å². The maximum absolute atomic E-state index is 11.4. The number of rotatable bonds is 4. The van der Waals surface area contributed by atoms with Crippen LogP contribution in [0.4, 0.5) is 0 Å². The first-order valence-electron chi connectivity index (χ1n) is 6.85. The summed E-state index contributed by atoms with van der Waals surface area (Å²) in [7, 11) is 4.87. The third kappa shape index (κ3) is 3.12. The molecule has 2 rings (SSSR count). The van der Waals surface area contributed by atoms with Gasteiger partial charge in [0.1, 0.15) is 17.2 Å². The van der Waals surface area contributed by atoms with Crippen molar-refractivity contribution in [1.82, 2.24) is 4.90 Å². The van der Waals surface area contributed by atoms with Crippen LogP contribution < -0.4 is 14.2 Å². The molecule has 0 saturated heterocycles. The number of benzene rings is 1. The Labute approximate surface area is 125 Å². The lowest BCUT2D eigenvalue weighted by molar-refractivity contribution is -0.128. The van der Waals surface area contributed by atoms with E-state index in [0.29, 0.717) is 30.3 Å². The molecule has 21 heavy (non-hydrogen) atoms. The van der Waals surface area contributed by atoms with Crippen LogP contribution in [0.15, 0.2) is 18.2 Å². The van der Waals surface area contributed by atoms with Crippen LogP contribution in [0.2, 0.25) is 0 Å². The van der Waals surface area contributed by atoms with Gasteiger partial charge in [-0.1, -0.05) is 6.08 Å². The number of carbonyl (C=O) groups is 1. The Balaban J connectivity index is 2.41. The smallest absolute Gasteiger partial charge is 0.219 e. The normalized spacial score (nSPS) is 14.5. The van der Waals surface area contributed by atoms with Gasteiger partial charge in [-0.3, -0.25) is 4.79 Å². The number of methoxy groups -OCH3 is 3. The second kappa shape index (κ2) is 6.52. The van der Waals surface area contributed by atoms with Gasteiger partial charge in [0.05, 0.1) is 26.9 Å². The highest BCUT2D eigenvalue weighted by Gasteiger charge is 2.21. The lowest BCUT2D eigenvalue weighted by atomic mass is 9.97. The van der Waals surface area contributed by atoms with Crippen molar-refractivity contribution in [2.45, 2.75) is 13.3 Å². The van der Waals surface area contributed by atoms with Crippen LogP contribution in [0, 0.1) is 0 Å². The first-order valence-corrected chi connectivity index (χ1v) is 6.85. The van der Waals surface area contributed by atoms with Gasteiger partial charge in [0.2, 0.25) is 5.91 Å². The monoisotopic (exact) mass is 291 g/mol. The van der Waals surface area contributed by atoms with Gasteiger partial charge >= 0.3 is 0 Å². The van der Waals surface area contributed by atoms with Gasteiger partial charge < -0.3 is 19.1 Å². The molecule has 1 aromatic rings. The number of hydrogen-bond donors (Lipinski definition) is 0. The molecular weight excluding hydrogens is 270 g/mol. The molecule has 0 bridgehead atoms. The highest BCUT2D eigenvalue weighted by Crippen LogP contribution is 2.40. The molecule has 0 unspecified atom stereocenters. The van der Waals surface area contributed by atoms with Crippen LogP contribution >= 0.6 is 0 Å². The van der Waals surface area contributed by atoms with Crippen LogP contribution in [0.25, 0.3) is 5.57 Å². The van der Waals surface area contributed by atoms with Crippen LogP contribution in [0.3, 0.4) is 0 Å². The highest BCUT2D eigenvalue weighted by molar-refractivity contribution is 5.80. The fraction of sp³-hybridized carbons (Fsp3) is 0.438. The van der Waals surface area contributed by atoms with E-state index in [1.807, 2.05) is 17.0 Å². The summed E-state index contributed by atoms with van der Waals surface area (Å²) in [6.45, 7) is 2.91. The summed E-state index contributed by atoms with van der Waals surface area (Å²) < 4.78 is 16.2. The Hall–Kier alpha value is -2.17. The third-order valence-corrected chi connectivity index (χ3v) is 3.69. The Morgan fingerprint density at radius 3 is 2.10 bits per heavy atom. The van der Waals surface area contributed by atoms with E-state index in [1.165, 1.54) is 0 Å². The summed E-state index contributed by atoms with van der Waals surface area (Å²) in [5, 5.41) is 0. The first-order chi connectivity index (χ1) is 10.1. The zero-order valence-corrected chi connectivity index (χ0v) is 12.9. The molecule has 5 heteroatoms. The summed E-state index contributed by atoms with van der Waals surface area (Å²) >= 11 is 0. The second-order valence-corrected chi connectivity index (χ2v) is 4.85. The molecule has 1 aromatic carbocycles. The Bertz CT molecular complexity index is 540. The summed E-state index contributed by atoms with van der Waals surface area (Å²) in [5.41, 5.74) is 2.06. The first kappa shape index (κ1) is 15.2. The Kier molecular flexibility index (Phi) is 4.73. The molecule has 1 amide bonds. The second-order valence-electron chi connectivity index (χ2n) is 4.85. The van der Waals surface area contributed by atoms with Crippen molar-refractivity contribution in [2.24, 2.45) is 0 Å². The highest BCUT2D eigenvalue weighted by atomic mass is 16.5.